The summed E-state index contributed by atoms with van der Waals surface area (Å²) >= 11 is 0. The second kappa shape index (κ2) is 8.21. The summed E-state index contributed by atoms with van der Waals surface area (Å²) in [5, 5.41) is 3.55. The normalized spacial score (nSPS) is 16.5. The van der Waals surface area contributed by atoms with E-state index in [2.05, 4.69) is 36.5 Å². The van der Waals surface area contributed by atoms with Crippen LogP contribution in [0.25, 0.3) is 0 Å². The smallest absolute Gasteiger partial charge is 0.0469 e. The summed E-state index contributed by atoms with van der Waals surface area (Å²) in [5.74, 6) is 0.776. The molecule has 0 aromatic heterocycles. The first kappa shape index (κ1) is 14.4. The Labute approximate surface area is 117 Å². The van der Waals surface area contributed by atoms with Gasteiger partial charge >= 0.3 is 0 Å². The summed E-state index contributed by atoms with van der Waals surface area (Å²) in [6, 6.07) is 8.98. The zero-order valence-corrected chi connectivity index (χ0v) is 12.2. The molecule has 0 unspecified atom stereocenters. The number of hydrogen-bond acceptors (Lipinski definition) is 2. The predicted octanol–water partition coefficient (Wildman–Crippen LogP) is 4.26. The number of unbranched alkanes of at least 4 members (excludes halogenated alkanes) is 2. The number of anilines is 1. The zero-order valence-electron chi connectivity index (χ0n) is 12.2. The third-order valence-electron chi connectivity index (χ3n) is 3.96. The van der Waals surface area contributed by atoms with E-state index in [1.807, 2.05) is 0 Å². The maximum Gasteiger partial charge on any atom is 0.0469 e. The minimum atomic E-state index is 0.776. The van der Waals surface area contributed by atoms with Gasteiger partial charge in [0.05, 0.1) is 0 Å². The van der Waals surface area contributed by atoms with Gasteiger partial charge in [-0.3, -0.25) is 0 Å². The molecule has 0 radical (unpaired) electrons. The SMILES string of the molecule is CCCCCc1ccc(NCC2CCOCC2)cc1. The van der Waals surface area contributed by atoms with E-state index in [9.17, 15) is 0 Å². The van der Waals surface area contributed by atoms with Crippen LogP contribution < -0.4 is 5.32 Å². The predicted molar refractivity (Wildman–Crippen MR) is 81.7 cm³/mol. The first-order valence-corrected chi connectivity index (χ1v) is 7.79. The lowest BCUT2D eigenvalue weighted by atomic mass is 10.0. The van der Waals surface area contributed by atoms with Gasteiger partial charge in [-0.15, -0.1) is 0 Å². The van der Waals surface area contributed by atoms with Crippen molar-refractivity contribution in [3.63, 3.8) is 0 Å². The molecule has 19 heavy (non-hydrogen) atoms. The highest BCUT2D eigenvalue weighted by Gasteiger charge is 2.12. The van der Waals surface area contributed by atoms with Gasteiger partial charge in [-0.05, 0) is 49.3 Å². The van der Waals surface area contributed by atoms with Crippen LogP contribution in [0.3, 0.4) is 0 Å². The van der Waals surface area contributed by atoms with Crippen LogP contribution in [0, 0.1) is 5.92 Å². The van der Waals surface area contributed by atoms with Crippen molar-refractivity contribution < 1.29 is 4.74 Å². The van der Waals surface area contributed by atoms with Gasteiger partial charge in [0.1, 0.15) is 0 Å². The fourth-order valence-electron chi connectivity index (χ4n) is 2.58. The molecule has 0 aliphatic carbocycles. The highest BCUT2D eigenvalue weighted by atomic mass is 16.5. The molecular weight excluding hydrogens is 234 g/mol. The molecule has 1 N–H and O–H groups in total. The van der Waals surface area contributed by atoms with Gasteiger partial charge in [0, 0.05) is 25.4 Å². The van der Waals surface area contributed by atoms with E-state index in [-0.39, 0.29) is 0 Å². The van der Waals surface area contributed by atoms with Crippen LogP contribution in [0.2, 0.25) is 0 Å². The third-order valence-corrected chi connectivity index (χ3v) is 3.96. The Hall–Kier alpha value is -1.02. The molecule has 1 aromatic carbocycles. The second-order valence-corrected chi connectivity index (χ2v) is 5.59. The molecule has 1 aliphatic heterocycles. The van der Waals surface area contributed by atoms with E-state index < -0.39 is 0 Å². The molecule has 1 fully saturated rings. The fourth-order valence-corrected chi connectivity index (χ4v) is 2.58. The summed E-state index contributed by atoms with van der Waals surface area (Å²) in [4.78, 5) is 0. The maximum atomic E-state index is 5.39. The first-order valence-electron chi connectivity index (χ1n) is 7.79. The molecule has 2 nitrogen and oxygen atoms in total. The molecule has 2 rings (SSSR count). The number of benzene rings is 1. The van der Waals surface area contributed by atoms with Gasteiger partial charge in [-0.1, -0.05) is 31.9 Å². The van der Waals surface area contributed by atoms with Crippen LogP contribution in [-0.2, 0) is 11.2 Å². The second-order valence-electron chi connectivity index (χ2n) is 5.59. The van der Waals surface area contributed by atoms with E-state index >= 15 is 0 Å². The lowest BCUT2D eigenvalue weighted by Crippen LogP contribution is -2.22. The first-order chi connectivity index (χ1) is 9.38. The van der Waals surface area contributed by atoms with Gasteiger partial charge in [0.2, 0.25) is 0 Å². The van der Waals surface area contributed by atoms with Gasteiger partial charge in [-0.2, -0.15) is 0 Å². The fraction of sp³-hybridized carbons (Fsp3) is 0.647. The molecule has 0 amide bonds. The molecule has 1 aliphatic rings. The van der Waals surface area contributed by atoms with E-state index in [0.717, 1.165) is 25.7 Å². The molecule has 1 aromatic rings. The molecular formula is C17H27NO. The Morgan fingerprint density at radius 2 is 1.84 bits per heavy atom. The van der Waals surface area contributed by atoms with E-state index in [1.54, 1.807) is 0 Å². The molecule has 0 atom stereocenters. The quantitative estimate of drug-likeness (QED) is 0.741. The Kier molecular flexibility index (Phi) is 6.22. The van der Waals surface area contributed by atoms with Crippen LogP contribution in [0.5, 0.6) is 0 Å². The van der Waals surface area contributed by atoms with E-state index in [4.69, 9.17) is 4.74 Å². The van der Waals surface area contributed by atoms with Crippen molar-refractivity contribution in [2.24, 2.45) is 5.92 Å². The topological polar surface area (TPSA) is 21.3 Å². The number of nitrogens with one attached hydrogen (secondary N) is 1. The van der Waals surface area contributed by atoms with Crippen molar-refractivity contribution in [1.82, 2.24) is 0 Å². The summed E-state index contributed by atoms with van der Waals surface area (Å²) in [6.45, 7) is 5.20. The number of hydrogen-bond donors (Lipinski definition) is 1. The average molecular weight is 261 g/mol. The Balaban J connectivity index is 1.71. The van der Waals surface area contributed by atoms with E-state index in [0.29, 0.717) is 0 Å². The number of rotatable bonds is 7. The van der Waals surface area contributed by atoms with Crippen LogP contribution >= 0.6 is 0 Å². The molecule has 1 saturated heterocycles. The van der Waals surface area contributed by atoms with Crippen LogP contribution in [0.15, 0.2) is 24.3 Å². The van der Waals surface area contributed by atoms with Crippen molar-refractivity contribution in [3.05, 3.63) is 29.8 Å². The summed E-state index contributed by atoms with van der Waals surface area (Å²) < 4.78 is 5.39. The highest BCUT2D eigenvalue weighted by Crippen LogP contribution is 2.17. The maximum absolute atomic E-state index is 5.39. The largest absolute Gasteiger partial charge is 0.385 e. The number of ether oxygens (including phenoxy) is 1. The van der Waals surface area contributed by atoms with Crippen LogP contribution in [0.1, 0.15) is 44.6 Å². The molecule has 0 saturated carbocycles. The molecule has 1 heterocycles. The highest BCUT2D eigenvalue weighted by molar-refractivity contribution is 5.44. The van der Waals surface area contributed by atoms with E-state index in [1.165, 1.54) is 49.8 Å². The van der Waals surface area contributed by atoms with Gasteiger partial charge in [-0.25, -0.2) is 0 Å². The molecule has 2 heteroatoms. The van der Waals surface area contributed by atoms with Crippen molar-refractivity contribution in [2.45, 2.75) is 45.4 Å². The van der Waals surface area contributed by atoms with Crippen LogP contribution in [0.4, 0.5) is 5.69 Å². The summed E-state index contributed by atoms with van der Waals surface area (Å²) in [6.07, 6.45) is 7.55. The van der Waals surface area contributed by atoms with Crippen molar-refractivity contribution >= 4 is 5.69 Å². The Bertz CT molecular complexity index is 341. The van der Waals surface area contributed by atoms with Gasteiger partial charge in [0.25, 0.3) is 0 Å². The molecule has 0 spiro atoms. The average Bonchev–Trinajstić information content (AvgIpc) is 2.48. The molecule has 106 valence electrons. The minimum absolute atomic E-state index is 0.776. The monoisotopic (exact) mass is 261 g/mol. The Morgan fingerprint density at radius 3 is 2.53 bits per heavy atom. The summed E-state index contributed by atoms with van der Waals surface area (Å²) in [7, 11) is 0. The van der Waals surface area contributed by atoms with Crippen LogP contribution in [-0.4, -0.2) is 19.8 Å². The van der Waals surface area contributed by atoms with Crippen molar-refractivity contribution in [1.29, 1.82) is 0 Å². The number of aryl methyl sites for hydroxylation is 1. The van der Waals surface area contributed by atoms with Crippen molar-refractivity contribution in [3.8, 4) is 0 Å². The lowest BCUT2D eigenvalue weighted by molar-refractivity contribution is 0.0699. The standard InChI is InChI=1S/C17H27NO/c1-2-3-4-5-15-6-8-17(9-7-15)18-14-16-10-12-19-13-11-16/h6-9,16,18H,2-5,10-14H2,1H3. The summed E-state index contributed by atoms with van der Waals surface area (Å²) in [5.41, 5.74) is 2.72. The third kappa shape index (κ3) is 5.23. The van der Waals surface area contributed by atoms with Gasteiger partial charge < -0.3 is 10.1 Å². The molecule has 0 bridgehead atoms. The van der Waals surface area contributed by atoms with Gasteiger partial charge in [0.15, 0.2) is 0 Å². The minimum Gasteiger partial charge on any atom is -0.385 e. The van der Waals surface area contributed by atoms with Crippen molar-refractivity contribution in [2.75, 3.05) is 25.1 Å². The zero-order chi connectivity index (χ0) is 13.3. The lowest BCUT2D eigenvalue weighted by Gasteiger charge is -2.22. The Morgan fingerprint density at radius 1 is 1.11 bits per heavy atom.